The van der Waals surface area contributed by atoms with Crippen molar-refractivity contribution in [2.45, 2.75) is 38.6 Å². The summed E-state index contributed by atoms with van der Waals surface area (Å²) in [5.74, 6) is -0.981. The zero-order valence-electron chi connectivity index (χ0n) is 23.2. The molecule has 2 aliphatic heterocycles. The van der Waals surface area contributed by atoms with E-state index in [1.807, 2.05) is 48.5 Å². The van der Waals surface area contributed by atoms with E-state index in [0.717, 1.165) is 37.1 Å². The second kappa shape index (κ2) is 11.8. The minimum atomic E-state index is -1.22. The highest BCUT2D eigenvalue weighted by molar-refractivity contribution is 6.38. The lowest BCUT2D eigenvalue weighted by Gasteiger charge is -2.36. The number of amides is 3. The molecular weight excluding hydrogens is 538 g/mol. The summed E-state index contributed by atoms with van der Waals surface area (Å²) >= 11 is 6.17. The molecule has 0 unspecified atom stereocenters. The molecule has 9 heteroatoms. The molecular formula is C32H34ClN5O3. The van der Waals surface area contributed by atoms with Crippen molar-refractivity contribution in [1.82, 2.24) is 4.90 Å². The molecule has 2 heterocycles. The van der Waals surface area contributed by atoms with E-state index in [0.29, 0.717) is 46.3 Å². The Kier molecular flexibility index (Phi) is 8.15. The number of benzene rings is 3. The van der Waals surface area contributed by atoms with Crippen molar-refractivity contribution >= 4 is 57.7 Å². The van der Waals surface area contributed by atoms with Crippen molar-refractivity contribution < 1.29 is 14.4 Å². The minimum Gasteiger partial charge on any atom is -0.368 e. The van der Waals surface area contributed by atoms with Gasteiger partial charge in [-0.2, -0.15) is 0 Å². The van der Waals surface area contributed by atoms with Crippen LogP contribution in [0.3, 0.4) is 0 Å². The van der Waals surface area contributed by atoms with E-state index in [1.165, 1.54) is 4.90 Å². The number of nitrogens with one attached hydrogen (secondary N) is 2. The minimum absolute atomic E-state index is 0.161. The van der Waals surface area contributed by atoms with Gasteiger partial charge in [-0.3, -0.25) is 19.3 Å². The van der Waals surface area contributed by atoms with Crippen LogP contribution >= 0.6 is 11.6 Å². The van der Waals surface area contributed by atoms with Crippen molar-refractivity contribution in [2.24, 2.45) is 5.73 Å². The summed E-state index contributed by atoms with van der Waals surface area (Å²) < 4.78 is 0. The van der Waals surface area contributed by atoms with Crippen LogP contribution in [0.1, 0.15) is 44.2 Å². The molecule has 4 N–H and O–H groups in total. The molecule has 0 radical (unpaired) electrons. The van der Waals surface area contributed by atoms with Crippen LogP contribution in [0.2, 0.25) is 5.02 Å². The molecule has 0 aromatic heterocycles. The Labute approximate surface area is 245 Å². The maximum Gasteiger partial charge on any atom is 0.258 e. The number of nitrogens with two attached hydrogens (primary N) is 1. The summed E-state index contributed by atoms with van der Waals surface area (Å²) in [6.07, 6.45) is 2.57. The molecule has 8 nitrogen and oxygen atoms in total. The zero-order chi connectivity index (χ0) is 29.1. The molecule has 3 aromatic carbocycles. The van der Waals surface area contributed by atoms with Crippen LogP contribution in [0, 0.1) is 0 Å². The van der Waals surface area contributed by atoms with Gasteiger partial charge < -0.3 is 21.3 Å². The van der Waals surface area contributed by atoms with Crippen molar-refractivity contribution in [3.8, 4) is 0 Å². The first-order valence-corrected chi connectivity index (χ1v) is 14.2. The molecule has 0 atom stereocenters. The van der Waals surface area contributed by atoms with Gasteiger partial charge in [0.25, 0.3) is 5.91 Å². The Bertz CT molecular complexity index is 1500. The second-order valence-electron chi connectivity index (χ2n) is 10.9. The highest BCUT2D eigenvalue weighted by atomic mass is 35.5. The smallest absolute Gasteiger partial charge is 0.258 e. The first-order chi connectivity index (χ1) is 19.6. The fourth-order valence-electron chi connectivity index (χ4n) is 5.38. The molecule has 3 aromatic rings. The number of nitrogens with zero attached hydrogens (tertiary/aromatic N) is 2. The first-order valence-electron chi connectivity index (χ1n) is 13.8. The average Bonchev–Trinajstić information content (AvgIpc) is 3.58. The Morgan fingerprint density at radius 1 is 1.02 bits per heavy atom. The first kappa shape index (κ1) is 28.4. The molecule has 0 bridgehead atoms. The van der Waals surface area contributed by atoms with Gasteiger partial charge in [-0.05, 0) is 81.7 Å². The summed E-state index contributed by atoms with van der Waals surface area (Å²) in [6.45, 7) is 5.95. The van der Waals surface area contributed by atoms with Gasteiger partial charge in [-0.15, -0.1) is 0 Å². The van der Waals surface area contributed by atoms with Crippen LogP contribution < -0.4 is 21.3 Å². The predicted molar refractivity (Wildman–Crippen MR) is 164 cm³/mol. The highest BCUT2D eigenvalue weighted by Crippen LogP contribution is 2.39. The molecule has 5 rings (SSSR count). The lowest BCUT2D eigenvalue weighted by atomic mass is 9.99. The number of carbonyl (C=O) groups is 3. The molecule has 2 aliphatic rings. The largest absolute Gasteiger partial charge is 0.368 e. The van der Waals surface area contributed by atoms with Gasteiger partial charge in [-0.1, -0.05) is 48.0 Å². The van der Waals surface area contributed by atoms with Gasteiger partial charge >= 0.3 is 0 Å². The van der Waals surface area contributed by atoms with E-state index >= 15 is 0 Å². The van der Waals surface area contributed by atoms with E-state index in [1.54, 1.807) is 38.1 Å². The summed E-state index contributed by atoms with van der Waals surface area (Å²) in [4.78, 5) is 42.8. The maximum absolute atomic E-state index is 13.5. The van der Waals surface area contributed by atoms with Crippen LogP contribution in [0.5, 0.6) is 0 Å². The Hall–Kier alpha value is -4.14. The number of likely N-dealkylation sites (tertiary alicyclic amines) is 1. The number of hydrogen-bond acceptors (Lipinski definition) is 5. The number of halogens is 1. The molecule has 0 spiro atoms. The third-order valence-electron chi connectivity index (χ3n) is 7.69. The zero-order valence-corrected chi connectivity index (χ0v) is 24.0. The van der Waals surface area contributed by atoms with E-state index < -0.39 is 11.4 Å². The quantitative estimate of drug-likeness (QED) is 0.300. The monoisotopic (exact) mass is 571 g/mol. The van der Waals surface area contributed by atoms with Crippen molar-refractivity contribution in [2.75, 3.05) is 35.2 Å². The standard InChI is InChI=1S/C32H34ClN5O3/c1-32(2,31(34)41)38(27(39)16-19-37-17-6-7-18-37)24-13-11-23(12-14-24)35-29(21-8-4-3-5-9-21)28-25-15-10-22(33)20-26(25)36-30(28)40/h3-5,8-15,20,35H,6-7,16-19H2,1-2H3,(H2,34,41)(H,36,40). The molecule has 3 amide bonds. The SMILES string of the molecule is CC(C)(C(N)=O)N(C(=O)CCN1CCCC1)c1ccc(NC(=C2C(=O)Nc3cc(Cl)ccc32)c2ccccc2)cc1. The van der Waals surface area contributed by atoms with Crippen LogP contribution in [0.25, 0.3) is 11.3 Å². The number of hydrogen-bond donors (Lipinski definition) is 3. The Morgan fingerprint density at radius 3 is 2.37 bits per heavy atom. The molecule has 41 heavy (non-hydrogen) atoms. The van der Waals surface area contributed by atoms with Gasteiger partial charge in [0.2, 0.25) is 11.8 Å². The summed E-state index contributed by atoms with van der Waals surface area (Å²) in [5.41, 5.74) is 9.17. The maximum atomic E-state index is 13.5. The molecule has 212 valence electrons. The van der Waals surface area contributed by atoms with E-state index in [2.05, 4.69) is 15.5 Å². The number of primary amides is 1. The van der Waals surface area contributed by atoms with Crippen LogP contribution in [-0.2, 0) is 14.4 Å². The van der Waals surface area contributed by atoms with Crippen LogP contribution in [-0.4, -0.2) is 47.8 Å². The van der Waals surface area contributed by atoms with Crippen molar-refractivity contribution in [3.63, 3.8) is 0 Å². The lowest BCUT2D eigenvalue weighted by Crippen LogP contribution is -2.56. The van der Waals surface area contributed by atoms with Crippen molar-refractivity contribution in [1.29, 1.82) is 0 Å². The van der Waals surface area contributed by atoms with Crippen LogP contribution in [0.15, 0.2) is 72.8 Å². The van der Waals surface area contributed by atoms with Gasteiger partial charge in [-0.25, -0.2) is 0 Å². The number of rotatable bonds is 9. The molecule has 1 saturated heterocycles. The summed E-state index contributed by atoms with van der Waals surface area (Å²) in [6, 6.07) is 22.1. The van der Waals surface area contributed by atoms with Crippen molar-refractivity contribution in [3.05, 3.63) is 88.9 Å². The third-order valence-corrected chi connectivity index (χ3v) is 7.92. The second-order valence-corrected chi connectivity index (χ2v) is 11.3. The van der Waals surface area contributed by atoms with Gasteiger partial charge in [0.15, 0.2) is 0 Å². The average molecular weight is 572 g/mol. The fraction of sp³-hybridized carbons (Fsp3) is 0.281. The molecule has 0 aliphatic carbocycles. The van der Waals surface area contributed by atoms with E-state index in [9.17, 15) is 14.4 Å². The number of anilines is 3. The van der Waals surface area contributed by atoms with Crippen LogP contribution in [0.4, 0.5) is 17.1 Å². The van der Waals surface area contributed by atoms with E-state index in [-0.39, 0.29) is 11.8 Å². The van der Waals surface area contributed by atoms with Gasteiger partial charge in [0, 0.05) is 34.9 Å². The lowest BCUT2D eigenvalue weighted by molar-refractivity contribution is -0.127. The predicted octanol–water partition coefficient (Wildman–Crippen LogP) is 5.36. The van der Waals surface area contributed by atoms with Gasteiger partial charge in [0.1, 0.15) is 5.54 Å². The molecule has 1 fully saturated rings. The normalized spacial score (nSPS) is 16.2. The highest BCUT2D eigenvalue weighted by Gasteiger charge is 2.37. The van der Waals surface area contributed by atoms with E-state index in [4.69, 9.17) is 17.3 Å². The fourth-order valence-corrected chi connectivity index (χ4v) is 5.55. The Balaban J connectivity index is 1.47. The third kappa shape index (κ3) is 5.99. The summed E-state index contributed by atoms with van der Waals surface area (Å²) in [5, 5.41) is 6.87. The number of carbonyl (C=O) groups excluding carboxylic acids is 3. The Morgan fingerprint density at radius 2 is 1.71 bits per heavy atom. The topological polar surface area (TPSA) is 108 Å². The number of fused-ring (bicyclic) bond motifs is 1. The molecule has 0 saturated carbocycles. The summed E-state index contributed by atoms with van der Waals surface area (Å²) in [7, 11) is 0. The van der Waals surface area contributed by atoms with Gasteiger partial charge in [0.05, 0.1) is 17.0 Å².